The average molecular weight is 311 g/mol. The fourth-order valence-electron chi connectivity index (χ4n) is 1.90. The van der Waals surface area contributed by atoms with E-state index in [1.807, 2.05) is 0 Å². The summed E-state index contributed by atoms with van der Waals surface area (Å²) in [6, 6.07) is 0. The maximum absolute atomic E-state index is 12.0. The van der Waals surface area contributed by atoms with Crippen molar-refractivity contribution in [1.82, 2.24) is 14.9 Å². The predicted molar refractivity (Wildman–Crippen MR) is 78.5 cm³/mol. The number of aromatic nitrogens is 2. The number of nitrogens with one attached hydrogen (secondary N) is 1. The van der Waals surface area contributed by atoms with Crippen molar-refractivity contribution >= 4 is 17.7 Å². The van der Waals surface area contributed by atoms with E-state index in [2.05, 4.69) is 16.5 Å². The Morgan fingerprint density at radius 2 is 2.24 bits per heavy atom. The zero-order valence-electron chi connectivity index (χ0n) is 11.5. The molecule has 1 saturated heterocycles. The summed E-state index contributed by atoms with van der Waals surface area (Å²) < 4.78 is 5.18. The van der Waals surface area contributed by atoms with Gasteiger partial charge in [0.2, 0.25) is 11.8 Å². The van der Waals surface area contributed by atoms with Gasteiger partial charge in [-0.15, -0.1) is 6.58 Å². The third kappa shape index (κ3) is 4.08. The number of carbonyl (C=O) groups excluding carboxylic acids is 1. The molecule has 1 aromatic rings. The number of morpholine rings is 1. The van der Waals surface area contributed by atoms with Gasteiger partial charge in [-0.2, -0.15) is 4.98 Å². The van der Waals surface area contributed by atoms with Gasteiger partial charge < -0.3 is 19.7 Å². The van der Waals surface area contributed by atoms with Crippen LogP contribution in [0.5, 0.6) is 5.88 Å². The van der Waals surface area contributed by atoms with Gasteiger partial charge in [0.15, 0.2) is 5.16 Å². The van der Waals surface area contributed by atoms with Gasteiger partial charge in [-0.3, -0.25) is 9.59 Å². The predicted octanol–water partition coefficient (Wildman–Crippen LogP) is 0.155. The molecular weight excluding hydrogens is 294 g/mol. The van der Waals surface area contributed by atoms with E-state index < -0.39 is 5.56 Å². The molecule has 1 aliphatic heterocycles. The van der Waals surface area contributed by atoms with E-state index in [4.69, 9.17) is 4.74 Å². The average Bonchev–Trinajstić information content (AvgIpc) is 2.49. The van der Waals surface area contributed by atoms with Gasteiger partial charge in [-0.05, 0) is 0 Å². The fourth-order valence-corrected chi connectivity index (χ4v) is 2.66. The number of aromatic hydroxyl groups is 1. The number of H-pyrrole nitrogens is 1. The molecule has 0 aliphatic carbocycles. The Bertz CT molecular complexity index is 581. The Morgan fingerprint density at radius 3 is 2.86 bits per heavy atom. The molecular formula is C13H17N3O4S. The number of carbonyl (C=O) groups is 1. The van der Waals surface area contributed by atoms with Crippen molar-refractivity contribution < 1.29 is 14.6 Å². The fraction of sp³-hybridized carbons (Fsp3) is 0.462. The van der Waals surface area contributed by atoms with Crippen molar-refractivity contribution in [2.45, 2.75) is 11.6 Å². The highest BCUT2D eigenvalue weighted by molar-refractivity contribution is 7.99. The SMILES string of the molecule is C=CCc1c(O)nc(SCC(=O)N2CCOCC2)[nH]c1=O. The summed E-state index contributed by atoms with van der Waals surface area (Å²) in [5.74, 6) is -0.205. The molecule has 2 N–H and O–H groups in total. The highest BCUT2D eigenvalue weighted by Crippen LogP contribution is 2.17. The summed E-state index contributed by atoms with van der Waals surface area (Å²) >= 11 is 1.09. The first-order valence-corrected chi connectivity index (χ1v) is 7.51. The number of allylic oxidation sites excluding steroid dienone is 1. The van der Waals surface area contributed by atoms with Crippen molar-refractivity contribution in [2.24, 2.45) is 0 Å². The molecule has 0 atom stereocenters. The van der Waals surface area contributed by atoms with Gasteiger partial charge in [0.25, 0.3) is 5.56 Å². The number of hydrogen-bond acceptors (Lipinski definition) is 6. The summed E-state index contributed by atoms with van der Waals surface area (Å²) in [6.07, 6.45) is 1.76. The largest absolute Gasteiger partial charge is 0.493 e. The minimum atomic E-state index is -0.413. The highest BCUT2D eigenvalue weighted by atomic mass is 32.2. The molecule has 8 heteroatoms. The topological polar surface area (TPSA) is 95.5 Å². The van der Waals surface area contributed by atoms with Crippen LogP contribution in [0.3, 0.4) is 0 Å². The minimum absolute atomic E-state index is 0.0411. The Balaban J connectivity index is 1.98. The third-order valence-electron chi connectivity index (χ3n) is 3.02. The van der Waals surface area contributed by atoms with Crippen molar-refractivity contribution in [3.8, 4) is 5.88 Å². The number of rotatable bonds is 5. The maximum atomic E-state index is 12.0. The van der Waals surface area contributed by atoms with Crippen LogP contribution in [0, 0.1) is 0 Å². The molecule has 0 unspecified atom stereocenters. The number of amides is 1. The molecule has 0 radical (unpaired) electrons. The van der Waals surface area contributed by atoms with Crippen molar-refractivity contribution in [1.29, 1.82) is 0 Å². The quantitative estimate of drug-likeness (QED) is 0.457. The van der Waals surface area contributed by atoms with E-state index in [0.29, 0.717) is 26.3 Å². The van der Waals surface area contributed by atoms with E-state index in [1.54, 1.807) is 4.90 Å². The second-order valence-electron chi connectivity index (χ2n) is 4.45. The normalized spacial score (nSPS) is 15.0. The summed E-state index contributed by atoms with van der Waals surface area (Å²) in [7, 11) is 0. The Kier molecular flexibility index (Phi) is 5.40. The first kappa shape index (κ1) is 15.6. The molecule has 7 nitrogen and oxygen atoms in total. The second-order valence-corrected chi connectivity index (χ2v) is 5.41. The minimum Gasteiger partial charge on any atom is -0.493 e. The van der Waals surface area contributed by atoms with Crippen molar-refractivity contribution in [2.75, 3.05) is 32.1 Å². The lowest BCUT2D eigenvalue weighted by molar-refractivity contribution is -0.132. The Hall–Kier alpha value is -1.80. The van der Waals surface area contributed by atoms with E-state index in [0.717, 1.165) is 11.8 Å². The molecule has 1 aromatic heterocycles. The number of ether oxygens (including phenoxy) is 1. The van der Waals surface area contributed by atoms with Gasteiger partial charge in [0, 0.05) is 19.5 Å². The smallest absolute Gasteiger partial charge is 0.258 e. The van der Waals surface area contributed by atoms with E-state index in [1.165, 1.54) is 6.08 Å². The lowest BCUT2D eigenvalue weighted by Crippen LogP contribution is -2.41. The monoisotopic (exact) mass is 311 g/mol. The van der Waals surface area contributed by atoms with Gasteiger partial charge in [0.05, 0.1) is 24.5 Å². The van der Waals surface area contributed by atoms with Gasteiger partial charge in [0.1, 0.15) is 0 Å². The Labute approximate surface area is 126 Å². The zero-order valence-corrected chi connectivity index (χ0v) is 12.3. The molecule has 21 heavy (non-hydrogen) atoms. The van der Waals surface area contributed by atoms with Crippen LogP contribution in [-0.2, 0) is 16.0 Å². The lowest BCUT2D eigenvalue weighted by Gasteiger charge is -2.26. The summed E-state index contributed by atoms with van der Waals surface area (Å²) in [4.78, 5) is 31.9. The van der Waals surface area contributed by atoms with Crippen LogP contribution in [0.1, 0.15) is 5.56 Å². The van der Waals surface area contributed by atoms with E-state index in [9.17, 15) is 14.7 Å². The molecule has 1 amide bonds. The van der Waals surface area contributed by atoms with Crippen LogP contribution >= 0.6 is 11.8 Å². The van der Waals surface area contributed by atoms with E-state index in [-0.39, 0.29) is 34.7 Å². The van der Waals surface area contributed by atoms with Crippen LogP contribution in [0.2, 0.25) is 0 Å². The molecule has 0 bridgehead atoms. The third-order valence-corrected chi connectivity index (χ3v) is 3.87. The number of thioether (sulfide) groups is 1. The first-order valence-electron chi connectivity index (χ1n) is 6.53. The molecule has 114 valence electrons. The molecule has 2 rings (SSSR count). The molecule has 1 aliphatic rings. The zero-order chi connectivity index (χ0) is 15.2. The number of hydrogen-bond donors (Lipinski definition) is 2. The summed E-state index contributed by atoms with van der Waals surface area (Å²) in [5.41, 5.74) is -0.238. The van der Waals surface area contributed by atoms with Crippen LogP contribution in [0.4, 0.5) is 0 Å². The molecule has 2 heterocycles. The van der Waals surface area contributed by atoms with Gasteiger partial charge in [-0.1, -0.05) is 17.8 Å². The molecule has 0 saturated carbocycles. The van der Waals surface area contributed by atoms with Crippen LogP contribution in [0.25, 0.3) is 0 Å². The summed E-state index contributed by atoms with van der Waals surface area (Å²) in [6.45, 7) is 5.76. The molecule has 0 aromatic carbocycles. The van der Waals surface area contributed by atoms with Gasteiger partial charge in [-0.25, -0.2) is 0 Å². The second kappa shape index (κ2) is 7.28. The van der Waals surface area contributed by atoms with Gasteiger partial charge >= 0.3 is 0 Å². The number of nitrogens with zero attached hydrogens (tertiary/aromatic N) is 2. The Morgan fingerprint density at radius 1 is 1.52 bits per heavy atom. The van der Waals surface area contributed by atoms with Crippen LogP contribution in [0.15, 0.2) is 22.6 Å². The van der Waals surface area contributed by atoms with Crippen molar-refractivity contribution in [3.05, 3.63) is 28.6 Å². The van der Waals surface area contributed by atoms with Crippen LogP contribution < -0.4 is 5.56 Å². The van der Waals surface area contributed by atoms with E-state index >= 15 is 0 Å². The molecule has 1 fully saturated rings. The van der Waals surface area contributed by atoms with Crippen LogP contribution in [-0.4, -0.2) is 57.9 Å². The first-order chi connectivity index (χ1) is 10.1. The standard InChI is InChI=1S/C13H17N3O4S/c1-2-3-9-11(18)14-13(15-12(9)19)21-8-10(17)16-4-6-20-7-5-16/h2H,1,3-8H2,(H2,14,15,18,19). The molecule has 0 spiro atoms. The van der Waals surface area contributed by atoms with Crippen molar-refractivity contribution in [3.63, 3.8) is 0 Å². The lowest BCUT2D eigenvalue weighted by atomic mass is 10.2. The summed E-state index contributed by atoms with van der Waals surface area (Å²) in [5, 5.41) is 9.94. The highest BCUT2D eigenvalue weighted by Gasteiger charge is 2.18. The maximum Gasteiger partial charge on any atom is 0.258 e. The number of aromatic amines is 1.